The Kier molecular flexibility index (Phi) is 2.43. The van der Waals surface area contributed by atoms with E-state index in [1.807, 2.05) is 18.3 Å². The molecule has 0 spiro atoms. The Morgan fingerprint density at radius 2 is 2.33 bits per heavy atom. The number of carbonyl (C=O) groups is 1. The molecule has 1 aromatic rings. The van der Waals surface area contributed by atoms with Gasteiger partial charge in [0.1, 0.15) is 0 Å². The summed E-state index contributed by atoms with van der Waals surface area (Å²) in [5.41, 5.74) is 0.855. The second-order valence-electron chi connectivity index (χ2n) is 4.76. The third-order valence-corrected chi connectivity index (χ3v) is 3.68. The third-order valence-electron chi connectivity index (χ3n) is 3.68. The summed E-state index contributed by atoms with van der Waals surface area (Å²) in [7, 11) is 1.75. The standard InChI is InChI=1S/C12H17NO2/c1-12(2)10(7-11(12)15-3)13-6-4-5-9(13)8-14/h4-6,8,10-11H,7H2,1-3H3. The van der Waals surface area contributed by atoms with Crippen LogP contribution < -0.4 is 0 Å². The number of carbonyl (C=O) groups excluding carboxylic acids is 1. The molecular weight excluding hydrogens is 190 g/mol. The smallest absolute Gasteiger partial charge is 0.166 e. The summed E-state index contributed by atoms with van der Waals surface area (Å²) in [5, 5.41) is 0. The summed E-state index contributed by atoms with van der Waals surface area (Å²) in [5.74, 6) is 0. The molecule has 3 heteroatoms. The number of methoxy groups -OCH3 is 1. The number of hydrogen-bond acceptors (Lipinski definition) is 2. The molecule has 0 radical (unpaired) electrons. The van der Waals surface area contributed by atoms with Gasteiger partial charge in [-0.05, 0) is 18.6 Å². The van der Waals surface area contributed by atoms with Crippen molar-refractivity contribution in [1.82, 2.24) is 4.57 Å². The summed E-state index contributed by atoms with van der Waals surface area (Å²) in [4.78, 5) is 10.8. The fourth-order valence-corrected chi connectivity index (χ4v) is 2.53. The average molecular weight is 207 g/mol. The molecule has 0 aromatic carbocycles. The molecule has 2 unspecified atom stereocenters. The lowest BCUT2D eigenvalue weighted by Crippen LogP contribution is -2.51. The van der Waals surface area contributed by atoms with E-state index in [1.165, 1.54) is 0 Å². The van der Waals surface area contributed by atoms with Gasteiger partial charge in [-0.1, -0.05) is 13.8 Å². The predicted octanol–water partition coefficient (Wildman–Crippen LogP) is 2.29. The maximum atomic E-state index is 10.8. The summed E-state index contributed by atoms with van der Waals surface area (Å²) >= 11 is 0. The fourth-order valence-electron chi connectivity index (χ4n) is 2.53. The molecule has 1 aliphatic rings. The summed E-state index contributed by atoms with van der Waals surface area (Å²) in [6.45, 7) is 4.37. The van der Waals surface area contributed by atoms with Crippen LogP contribution >= 0.6 is 0 Å². The van der Waals surface area contributed by atoms with Crippen LogP contribution in [0.1, 0.15) is 36.8 Å². The Labute approximate surface area is 90.0 Å². The molecule has 3 nitrogen and oxygen atoms in total. The molecule has 2 atom stereocenters. The normalized spacial score (nSPS) is 28.5. The Bertz CT molecular complexity index is 367. The Morgan fingerprint density at radius 3 is 2.87 bits per heavy atom. The first kappa shape index (κ1) is 10.4. The minimum absolute atomic E-state index is 0.103. The highest BCUT2D eigenvalue weighted by Crippen LogP contribution is 2.51. The quantitative estimate of drug-likeness (QED) is 0.712. The van der Waals surface area contributed by atoms with Gasteiger partial charge in [-0.25, -0.2) is 0 Å². The Hall–Kier alpha value is -1.09. The fraction of sp³-hybridized carbons (Fsp3) is 0.583. The highest BCUT2D eigenvalue weighted by atomic mass is 16.5. The summed E-state index contributed by atoms with van der Waals surface area (Å²) in [6, 6.07) is 4.14. The zero-order chi connectivity index (χ0) is 11.1. The molecule has 1 heterocycles. The van der Waals surface area contributed by atoms with Gasteiger partial charge in [-0.2, -0.15) is 0 Å². The number of aldehydes is 1. The zero-order valence-corrected chi connectivity index (χ0v) is 9.43. The number of ether oxygens (including phenoxy) is 1. The highest BCUT2D eigenvalue weighted by molar-refractivity contribution is 5.72. The molecule has 1 aliphatic carbocycles. The Balaban J connectivity index is 2.24. The molecule has 15 heavy (non-hydrogen) atoms. The molecule has 1 aromatic heterocycles. The van der Waals surface area contributed by atoms with Gasteiger partial charge in [-0.3, -0.25) is 4.79 Å². The molecule has 1 fully saturated rings. The molecule has 2 rings (SSSR count). The lowest BCUT2D eigenvalue weighted by molar-refractivity contribution is -0.112. The van der Waals surface area contributed by atoms with Crippen molar-refractivity contribution in [3.05, 3.63) is 24.0 Å². The van der Waals surface area contributed by atoms with Crippen LogP contribution in [-0.2, 0) is 4.74 Å². The molecule has 0 amide bonds. The van der Waals surface area contributed by atoms with Gasteiger partial charge < -0.3 is 9.30 Å². The van der Waals surface area contributed by atoms with Gasteiger partial charge in [0.2, 0.25) is 0 Å². The van der Waals surface area contributed by atoms with E-state index in [1.54, 1.807) is 7.11 Å². The molecule has 0 N–H and O–H groups in total. The first-order valence-corrected chi connectivity index (χ1v) is 5.26. The van der Waals surface area contributed by atoms with Gasteiger partial charge in [-0.15, -0.1) is 0 Å². The summed E-state index contributed by atoms with van der Waals surface area (Å²) < 4.78 is 7.46. The molecule has 1 saturated carbocycles. The van der Waals surface area contributed by atoms with Gasteiger partial charge in [0.15, 0.2) is 6.29 Å². The predicted molar refractivity (Wildman–Crippen MR) is 58.1 cm³/mol. The van der Waals surface area contributed by atoms with Crippen molar-refractivity contribution in [2.24, 2.45) is 5.41 Å². The number of nitrogens with zero attached hydrogens (tertiary/aromatic N) is 1. The van der Waals surface area contributed by atoms with Crippen LogP contribution in [0.4, 0.5) is 0 Å². The molecule has 82 valence electrons. The first-order valence-electron chi connectivity index (χ1n) is 5.26. The van der Waals surface area contributed by atoms with Crippen LogP contribution in [0, 0.1) is 5.41 Å². The third kappa shape index (κ3) is 1.42. The number of rotatable bonds is 3. The van der Waals surface area contributed by atoms with Crippen LogP contribution in [0.2, 0.25) is 0 Å². The van der Waals surface area contributed by atoms with Gasteiger partial charge in [0.05, 0.1) is 11.8 Å². The number of hydrogen-bond donors (Lipinski definition) is 0. The highest BCUT2D eigenvalue weighted by Gasteiger charge is 2.49. The minimum Gasteiger partial charge on any atom is -0.381 e. The van der Waals surface area contributed by atoms with Crippen LogP contribution in [0.3, 0.4) is 0 Å². The van der Waals surface area contributed by atoms with Crippen molar-refractivity contribution in [2.45, 2.75) is 32.4 Å². The maximum Gasteiger partial charge on any atom is 0.166 e. The van der Waals surface area contributed by atoms with Gasteiger partial charge in [0.25, 0.3) is 0 Å². The second-order valence-corrected chi connectivity index (χ2v) is 4.76. The molecule has 0 aliphatic heterocycles. The first-order chi connectivity index (χ1) is 7.11. The van der Waals surface area contributed by atoms with E-state index >= 15 is 0 Å². The van der Waals surface area contributed by atoms with Crippen LogP contribution in [-0.4, -0.2) is 24.1 Å². The SMILES string of the molecule is COC1CC(n2cccc2C=O)C1(C)C. The van der Waals surface area contributed by atoms with Crippen LogP contribution in [0.15, 0.2) is 18.3 Å². The average Bonchev–Trinajstić information content (AvgIpc) is 2.64. The molecule has 0 saturated heterocycles. The Morgan fingerprint density at radius 1 is 1.60 bits per heavy atom. The van der Waals surface area contributed by atoms with Crippen molar-refractivity contribution < 1.29 is 9.53 Å². The van der Waals surface area contributed by atoms with E-state index in [0.717, 1.165) is 18.4 Å². The lowest BCUT2D eigenvalue weighted by Gasteiger charge is -2.52. The summed E-state index contributed by atoms with van der Waals surface area (Å²) in [6.07, 6.45) is 4.17. The van der Waals surface area contributed by atoms with Crippen molar-refractivity contribution >= 4 is 6.29 Å². The number of aromatic nitrogens is 1. The lowest BCUT2D eigenvalue weighted by atomic mass is 9.64. The van der Waals surface area contributed by atoms with E-state index in [-0.39, 0.29) is 5.41 Å². The van der Waals surface area contributed by atoms with Crippen molar-refractivity contribution in [2.75, 3.05) is 7.11 Å². The minimum atomic E-state index is 0.103. The van der Waals surface area contributed by atoms with Crippen LogP contribution in [0.25, 0.3) is 0 Å². The van der Waals surface area contributed by atoms with E-state index in [0.29, 0.717) is 12.1 Å². The van der Waals surface area contributed by atoms with Gasteiger partial charge in [0, 0.05) is 24.8 Å². The van der Waals surface area contributed by atoms with Crippen LogP contribution in [0.5, 0.6) is 0 Å². The molecule has 0 bridgehead atoms. The largest absolute Gasteiger partial charge is 0.381 e. The van der Waals surface area contributed by atoms with E-state index in [4.69, 9.17) is 4.74 Å². The van der Waals surface area contributed by atoms with Crippen molar-refractivity contribution in [1.29, 1.82) is 0 Å². The monoisotopic (exact) mass is 207 g/mol. The zero-order valence-electron chi connectivity index (χ0n) is 9.43. The van der Waals surface area contributed by atoms with E-state index in [9.17, 15) is 4.79 Å². The van der Waals surface area contributed by atoms with Crippen molar-refractivity contribution in [3.8, 4) is 0 Å². The van der Waals surface area contributed by atoms with Gasteiger partial charge >= 0.3 is 0 Å². The van der Waals surface area contributed by atoms with E-state index in [2.05, 4.69) is 18.4 Å². The second kappa shape index (κ2) is 3.49. The van der Waals surface area contributed by atoms with E-state index < -0.39 is 0 Å². The van der Waals surface area contributed by atoms with Crippen molar-refractivity contribution in [3.63, 3.8) is 0 Å². The maximum absolute atomic E-state index is 10.8. The topological polar surface area (TPSA) is 31.2 Å². The molecular formula is C12H17NO2.